The molecule has 1 amide bonds. The van der Waals surface area contributed by atoms with Crippen molar-refractivity contribution < 1.29 is 13.9 Å². The minimum atomic E-state index is -0.206. The van der Waals surface area contributed by atoms with E-state index in [9.17, 15) is 4.79 Å². The lowest BCUT2D eigenvalue weighted by molar-refractivity contribution is -0.111. The van der Waals surface area contributed by atoms with Gasteiger partial charge in [-0.15, -0.1) is 0 Å². The van der Waals surface area contributed by atoms with Crippen molar-refractivity contribution in [3.8, 4) is 5.75 Å². The van der Waals surface area contributed by atoms with E-state index in [1.165, 1.54) is 6.08 Å². The summed E-state index contributed by atoms with van der Waals surface area (Å²) in [5.74, 6) is 0.574. The molecule has 0 radical (unpaired) electrons. The number of benzene rings is 2. The lowest BCUT2D eigenvalue weighted by atomic mass is 10.2. The van der Waals surface area contributed by atoms with Crippen molar-refractivity contribution in [2.45, 2.75) is 12.5 Å². The van der Waals surface area contributed by atoms with Crippen LogP contribution >= 0.6 is 0 Å². The molecular formula is C23H26N4O3. The quantitative estimate of drug-likeness (QED) is 0.631. The Hall–Kier alpha value is -3.32. The van der Waals surface area contributed by atoms with Crippen LogP contribution in [0.25, 0.3) is 17.2 Å². The van der Waals surface area contributed by atoms with E-state index < -0.39 is 0 Å². The Labute approximate surface area is 175 Å². The van der Waals surface area contributed by atoms with Gasteiger partial charge in [0.2, 0.25) is 5.91 Å². The van der Waals surface area contributed by atoms with Crippen molar-refractivity contribution in [1.82, 2.24) is 9.88 Å². The van der Waals surface area contributed by atoms with E-state index in [4.69, 9.17) is 9.15 Å². The predicted molar refractivity (Wildman–Crippen MR) is 119 cm³/mol. The molecule has 1 aliphatic rings. The zero-order valence-corrected chi connectivity index (χ0v) is 17.5. The first kappa shape index (κ1) is 20.0. The fraction of sp³-hybridized carbons (Fsp3) is 0.304. The lowest BCUT2D eigenvalue weighted by Gasteiger charge is -2.19. The predicted octanol–water partition coefficient (Wildman–Crippen LogP) is 3.63. The number of amides is 1. The van der Waals surface area contributed by atoms with Gasteiger partial charge < -0.3 is 24.3 Å². The van der Waals surface area contributed by atoms with Crippen LogP contribution in [0.5, 0.6) is 5.75 Å². The second kappa shape index (κ2) is 8.59. The number of carbonyl (C=O) groups excluding carboxylic acids is 1. The first-order valence-electron chi connectivity index (χ1n) is 9.97. The molecule has 0 aliphatic carbocycles. The molecule has 2 heterocycles. The minimum absolute atomic E-state index is 0.206. The molecule has 0 bridgehead atoms. The number of aromatic nitrogens is 1. The summed E-state index contributed by atoms with van der Waals surface area (Å²) in [4.78, 5) is 21.3. The molecule has 1 atom stereocenters. The third-order valence-electron chi connectivity index (χ3n) is 5.35. The highest BCUT2D eigenvalue weighted by atomic mass is 16.5. The van der Waals surface area contributed by atoms with Gasteiger partial charge in [-0.25, -0.2) is 0 Å². The van der Waals surface area contributed by atoms with E-state index in [0.717, 1.165) is 36.3 Å². The number of oxazole rings is 1. The molecule has 0 saturated carbocycles. The molecule has 1 N–H and O–H groups in total. The normalized spacial score (nSPS) is 16.7. The number of likely N-dealkylation sites (N-methyl/N-ethyl adjacent to an activating group) is 1. The first-order chi connectivity index (χ1) is 14.5. The van der Waals surface area contributed by atoms with E-state index in [0.29, 0.717) is 23.3 Å². The van der Waals surface area contributed by atoms with Crippen molar-refractivity contribution in [3.05, 3.63) is 54.1 Å². The summed E-state index contributed by atoms with van der Waals surface area (Å²) in [7, 11) is 5.81. The fourth-order valence-electron chi connectivity index (χ4n) is 3.54. The van der Waals surface area contributed by atoms with Gasteiger partial charge in [-0.05, 0) is 62.5 Å². The summed E-state index contributed by atoms with van der Waals surface area (Å²) in [6, 6.07) is 14.1. The number of methoxy groups -OCH3 is 1. The molecule has 4 rings (SSSR count). The Morgan fingerprint density at radius 3 is 2.77 bits per heavy atom. The number of rotatable bonds is 6. The van der Waals surface area contributed by atoms with Crippen LogP contribution in [0.4, 0.5) is 11.7 Å². The number of nitrogens with zero attached hydrogens (tertiary/aromatic N) is 3. The van der Waals surface area contributed by atoms with Crippen LogP contribution in [0.2, 0.25) is 0 Å². The van der Waals surface area contributed by atoms with E-state index in [-0.39, 0.29) is 5.91 Å². The summed E-state index contributed by atoms with van der Waals surface area (Å²) in [6.07, 6.45) is 4.36. The van der Waals surface area contributed by atoms with Gasteiger partial charge in [-0.1, -0.05) is 12.1 Å². The summed E-state index contributed by atoms with van der Waals surface area (Å²) < 4.78 is 11.1. The van der Waals surface area contributed by atoms with Gasteiger partial charge in [0.1, 0.15) is 11.3 Å². The molecular weight excluding hydrogens is 380 g/mol. The molecule has 30 heavy (non-hydrogen) atoms. The molecule has 1 aliphatic heterocycles. The maximum atomic E-state index is 12.3. The summed E-state index contributed by atoms with van der Waals surface area (Å²) in [6.45, 7) is 1.83. The molecule has 1 saturated heterocycles. The maximum Gasteiger partial charge on any atom is 0.298 e. The van der Waals surface area contributed by atoms with Crippen LogP contribution < -0.4 is 15.0 Å². The number of hydrogen-bond donors (Lipinski definition) is 1. The highest BCUT2D eigenvalue weighted by Crippen LogP contribution is 2.27. The third kappa shape index (κ3) is 4.46. The van der Waals surface area contributed by atoms with Gasteiger partial charge in [-0.2, -0.15) is 4.98 Å². The zero-order valence-electron chi connectivity index (χ0n) is 17.5. The van der Waals surface area contributed by atoms with Crippen LogP contribution in [0.15, 0.2) is 53.0 Å². The SMILES string of the molecule is COc1ccc(/C=C\C(=O)Nc2ccc3oc(N4CCC(N(C)C)C4)nc3c2)cc1. The summed E-state index contributed by atoms with van der Waals surface area (Å²) in [5, 5.41) is 2.88. The molecule has 1 unspecified atom stereocenters. The van der Waals surface area contributed by atoms with Crippen molar-refractivity contribution in [2.75, 3.05) is 44.5 Å². The van der Waals surface area contributed by atoms with Gasteiger partial charge >= 0.3 is 0 Å². The maximum absolute atomic E-state index is 12.3. The monoisotopic (exact) mass is 406 g/mol. The first-order valence-corrected chi connectivity index (χ1v) is 9.97. The second-order valence-corrected chi connectivity index (χ2v) is 7.63. The van der Waals surface area contributed by atoms with Crippen LogP contribution in [-0.2, 0) is 4.79 Å². The van der Waals surface area contributed by atoms with Gasteiger partial charge in [0.15, 0.2) is 5.58 Å². The second-order valence-electron chi connectivity index (χ2n) is 7.63. The number of hydrogen-bond acceptors (Lipinski definition) is 6. The van der Waals surface area contributed by atoms with Crippen molar-refractivity contribution >= 4 is 34.8 Å². The zero-order chi connectivity index (χ0) is 21.1. The van der Waals surface area contributed by atoms with E-state index in [1.807, 2.05) is 42.5 Å². The number of anilines is 2. The number of nitrogens with one attached hydrogen (secondary N) is 1. The van der Waals surface area contributed by atoms with Crippen LogP contribution in [0.3, 0.4) is 0 Å². The molecule has 7 heteroatoms. The average Bonchev–Trinajstić information content (AvgIpc) is 3.39. The Morgan fingerprint density at radius 1 is 1.27 bits per heavy atom. The largest absolute Gasteiger partial charge is 0.497 e. The summed E-state index contributed by atoms with van der Waals surface area (Å²) >= 11 is 0. The lowest BCUT2D eigenvalue weighted by Crippen LogP contribution is -2.31. The van der Waals surface area contributed by atoms with Crippen molar-refractivity contribution in [2.24, 2.45) is 0 Å². The molecule has 156 valence electrons. The number of carbonyl (C=O) groups is 1. The van der Waals surface area contributed by atoms with E-state index in [2.05, 4.69) is 34.2 Å². The Bertz CT molecular complexity index is 1060. The van der Waals surface area contributed by atoms with Crippen molar-refractivity contribution in [3.63, 3.8) is 0 Å². The number of fused-ring (bicyclic) bond motifs is 1. The Balaban J connectivity index is 1.42. The van der Waals surface area contributed by atoms with Gasteiger partial charge in [0, 0.05) is 30.9 Å². The molecule has 3 aromatic rings. The van der Waals surface area contributed by atoms with Crippen LogP contribution in [0.1, 0.15) is 12.0 Å². The minimum Gasteiger partial charge on any atom is -0.497 e. The number of ether oxygens (including phenoxy) is 1. The van der Waals surface area contributed by atoms with Gasteiger partial charge in [0.25, 0.3) is 6.01 Å². The molecule has 1 aromatic heterocycles. The third-order valence-corrected chi connectivity index (χ3v) is 5.35. The Morgan fingerprint density at radius 2 is 2.07 bits per heavy atom. The summed E-state index contributed by atoms with van der Waals surface area (Å²) in [5.41, 5.74) is 3.05. The van der Waals surface area contributed by atoms with Crippen molar-refractivity contribution in [1.29, 1.82) is 0 Å². The van der Waals surface area contributed by atoms with E-state index in [1.54, 1.807) is 13.2 Å². The van der Waals surface area contributed by atoms with Gasteiger partial charge in [-0.3, -0.25) is 4.79 Å². The standard InChI is InChI=1S/C23H26N4O3/c1-26(2)18-12-13-27(15-18)23-25-20-14-17(7-10-21(20)30-23)24-22(28)11-6-16-4-8-19(29-3)9-5-16/h4-11,14,18H,12-13,15H2,1-3H3,(H,24,28)/b11-6-. The smallest absolute Gasteiger partial charge is 0.298 e. The van der Waals surface area contributed by atoms with Crippen LogP contribution in [0, 0.1) is 0 Å². The molecule has 7 nitrogen and oxygen atoms in total. The highest BCUT2D eigenvalue weighted by molar-refractivity contribution is 6.02. The van der Waals surface area contributed by atoms with E-state index >= 15 is 0 Å². The average molecular weight is 406 g/mol. The molecule has 0 spiro atoms. The Kier molecular flexibility index (Phi) is 5.72. The highest BCUT2D eigenvalue weighted by Gasteiger charge is 2.27. The fourth-order valence-corrected chi connectivity index (χ4v) is 3.54. The van der Waals surface area contributed by atoms with Gasteiger partial charge in [0.05, 0.1) is 7.11 Å². The topological polar surface area (TPSA) is 70.8 Å². The molecule has 1 fully saturated rings. The molecule has 2 aromatic carbocycles. The van der Waals surface area contributed by atoms with Crippen LogP contribution in [-0.4, -0.2) is 56.1 Å².